The molecule has 0 aromatic heterocycles. The summed E-state index contributed by atoms with van der Waals surface area (Å²) in [7, 11) is 3.27. The highest BCUT2D eigenvalue weighted by Gasteiger charge is 2.31. The Morgan fingerprint density at radius 2 is 1.74 bits per heavy atom. The fourth-order valence-corrected chi connectivity index (χ4v) is 3.26. The summed E-state index contributed by atoms with van der Waals surface area (Å²) in [5, 5.41) is 0. The van der Waals surface area contributed by atoms with Crippen LogP contribution in [0.25, 0.3) is 0 Å². The number of methoxy groups -OCH3 is 2. The van der Waals surface area contributed by atoms with Crippen molar-refractivity contribution in [2.24, 2.45) is 0 Å². The van der Waals surface area contributed by atoms with Crippen LogP contribution in [0.5, 0.6) is 11.5 Å². The summed E-state index contributed by atoms with van der Waals surface area (Å²) in [4.78, 5) is 16.6. The van der Waals surface area contributed by atoms with Crippen molar-refractivity contribution >= 4 is 6.03 Å². The Morgan fingerprint density at radius 1 is 1.13 bits per heavy atom. The number of ether oxygens (including phenoxy) is 3. The van der Waals surface area contributed by atoms with Crippen LogP contribution < -0.4 is 9.47 Å². The van der Waals surface area contributed by atoms with Crippen molar-refractivity contribution in [1.82, 2.24) is 9.80 Å². The van der Waals surface area contributed by atoms with E-state index in [1.807, 2.05) is 21.9 Å². The molecular weight excluding hydrogens is 296 g/mol. The first-order valence-electron chi connectivity index (χ1n) is 8.01. The van der Waals surface area contributed by atoms with Gasteiger partial charge in [0.1, 0.15) is 0 Å². The van der Waals surface area contributed by atoms with E-state index in [1.54, 1.807) is 14.2 Å². The normalized spacial score (nSPS) is 20.9. The van der Waals surface area contributed by atoms with Gasteiger partial charge in [-0.25, -0.2) is 4.79 Å². The van der Waals surface area contributed by atoms with Crippen LogP contribution in [0.15, 0.2) is 12.1 Å². The third kappa shape index (κ3) is 3.08. The second-order valence-electron chi connectivity index (χ2n) is 6.04. The third-order valence-corrected chi connectivity index (χ3v) is 4.62. The first-order chi connectivity index (χ1) is 11.1. The summed E-state index contributed by atoms with van der Waals surface area (Å²) in [5.41, 5.74) is 2.35. The first kappa shape index (κ1) is 15.9. The van der Waals surface area contributed by atoms with Gasteiger partial charge in [0.2, 0.25) is 0 Å². The highest BCUT2D eigenvalue weighted by atomic mass is 16.5. The zero-order valence-corrected chi connectivity index (χ0v) is 14.0. The molecule has 0 aliphatic carbocycles. The van der Waals surface area contributed by atoms with Gasteiger partial charge >= 0.3 is 6.03 Å². The number of nitrogens with zero attached hydrogens (tertiary/aromatic N) is 2. The van der Waals surface area contributed by atoms with Crippen LogP contribution in [-0.4, -0.2) is 62.4 Å². The Morgan fingerprint density at radius 3 is 2.35 bits per heavy atom. The highest BCUT2D eigenvalue weighted by molar-refractivity contribution is 5.75. The average molecular weight is 320 g/mol. The summed E-state index contributed by atoms with van der Waals surface area (Å²) in [6.07, 6.45) is 0.825. The number of morpholine rings is 1. The molecule has 1 aromatic rings. The molecule has 1 aromatic carbocycles. The third-order valence-electron chi connectivity index (χ3n) is 4.62. The molecule has 0 saturated carbocycles. The smallest absolute Gasteiger partial charge is 0.320 e. The quantitative estimate of drug-likeness (QED) is 0.835. The number of amides is 2. The summed E-state index contributed by atoms with van der Waals surface area (Å²) in [5.74, 6) is 1.45. The van der Waals surface area contributed by atoms with Gasteiger partial charge in [-0.2, -0.15) is 0 Å². The van der Waals surface area contributed by atoms with E-state index in [2.05, 4.69) is 6.92 Å². The number of benzene rings is 1. The molecule has 1 fully saturated rings. The number of carbonyl (C=O) groups excluding carboxylic acids is 1. The molecule has 6 heteroatoms. The van der Waals surface area contributed by atoms with Crippen LogP contribution >= 0.6 is 0 Å². The van der Waals surface area contributed by atoms with E-state index in [1.165, 1.54) is 5.56 Å². The van der Waals surface area contributed by atoms with E-state index in [9.17, 15) is 4.79 Å². The monoisotopic (exact) mass is 320 g/mol. The molecule has 0 spiro atoms. The summed E-state index contributed by atoms with van der Waals surface area (Å²) in [6.45, 7) is 5.28. The van der Waals surface area contributed by atoms with Crippen molar-refractivity contribution in [3.8, 4) is 11.5 Å². The average Bonchev–Trinajstić information content (AvgIpc) is 2.60. The lowest BCUT2D eigenvalue weighted by Crippen LogP contribution is -2.52. The van der Waals surface area contributed by atoms with Crippen molar-refractivity contribution in [1.29, 1.82) is 0 Å². The summed E-state index contributed by atoms with van der Waals surface area (Å²) >= 11 is 0. The molecule has 1 saturated heterocycles. The lowest BCUT2D eigenvalue weighted by Gasteiger charge is -2.39. The van der Waals surface area contributed by atoms with Gasteiger partial charge < -0.3 is 24.0 Å². The van der Waals surface area contributed by atoms with Crippen molar-refractivity contribution < 1.29 is 19.0 Å². The van der Waals surface area contributed by atoms with Crippen LogP contribution in [-0.2, 0) is 17.7 Å². The lowest BCUT2D eigenvalue weighted by atomic mass is 9.94. The Balaban J connectivity index is 1.83. The van der Waals surface area contributed by atoms with Gasteiger partial charge in [0, 0.05) is 25.7 Å². The van der Waals surface area contributed by atoms with Crippen LogP contribution in [0.2, 0.25) is 0 Å². The predicted molar refractivity (Wildman–Crippen MR) is 86.0 cm³/mol. The predicted octanol–water partition coefficient (Wildman–Crippen LogP) is 1.90. The van der Waals surface area contributed by atoms with E-state index in [0.717, 1.165) is 17.7 Å². The second kappa shape index (κ2) is 6.66. The Hall–Kier alpha value is -1.95. The van der Waals surface area contributed by atoms with Crippen molar-refractivity contribution in [3.63, 3.8) is 0 Å². The van der Waals surface area contributed by atoms with Gasteiger partial charge in [0.05, 0.1) is 27.4 Å². The molecule has 6 nitrogen and oxygen atoms in total. The topological polar surface area (TPSA) is 51.2 Å². The Labute approximate surface area is 136 Å². The largest absolute Gasteiger partial charge is 0.493 e. The molecule has 2 aliphatic rings. The molecule has 1 atom stereocenters. The van der Waals surface area contributed by atoms with Gasteiger partial charge in [-0.15, -0.1) is 0 Å². The van der Waals surface area contributed by atoms with Crippen LogP contribution in [0, 0.1) is 0 Å². The van der Waals surface area contributed by atoms with E-state index in [4.69, 9.17) is 14.2 Å². The number of hydrogen-bond acceptors (Lipinski definition) is 4. The molecule has 2 heterocycles. The number of fused-ring (bicyclic) bond motifs is 1. The first-order valence-corrected chi connectivity index (χ1v) is 8.01. The lowest BCUT2D eigenvalue weighted by molar-refractivity contribution is 0.0379. The van der Waals surface area contributed by atoms with Gasteiger partial charge in [0.25, 0.3) is 0 Å². The maximum atomic E-state index is 12.8. The summed E-state index contributed by atoms with van der Waals surface area (Å²) < 4.78 is 16.1. The fraction of sp³-hybridized carbons (Fsp3) is 0.588. The van der Waals surface area contributed by atoms with Crippen LogP contribution in [0.4, 0.5) is 4.79 Å². The van der Waals surface area contributed by atoms with E-state index < -0.39 is 0 Å². The molecule has 0 radical (unpaired) electrons. The second-order valence-corrected chi connectivity index (χ2v) is 6.04. The molecule has 2 amide bonds. The molecule has 3 rings (SSSR count). The van der Waals surface area contributed by atoms with Crippen molar-refractivity contribution in [3.05, 3.63) is 23.3 Å². The molecule has 0 N–H and O–H groups in total. The van der Waals surface area contributed by atoms with Gasteiger partial charge in [-0.3, -0.25) is 0 Å². The minimum absolute atomic E-state index is 0.0984. The Bertz CT molecular complexity index is 584. The number of carbonyl (C=O) groups is 1. The van der Waals surface area contributed by atoms with E-state index in [-0.39, 0.29) is 12.1 Å². The van der Waals surface area contributed by atoms with Gasteiger partial charge in [0.15, 0.2) is 11.5 Å². The highest BCUT2D eigenvalue weighted by Crippen LogP contribution is 2.34. The Kier molecular flexibility index (Phi) is 4.61. The van der Waals surface area contributed by atoms with Crippen LogP contribution in [0.1, 0.15) is 18.1 Å². The standard InChI is InChI=1S/C17H24N2O4/c1-12-8-13-9-15(21-2)16(22-3)10-14(13)11-19(12)17(20)18-4-6-23-7-5-18/h9-10,12H,4-8,11H2,1-3H3. The molecular formula is C17H24N2O4. The van der Waals surface area contributed by atoms with Crippen molar-refractivity contribution in [2.45, 2.75) is 25.9 Å². The maximum absolute atomic E-state index is 12.8. The summed E-state index contributed by atoms with van der Waals surface area (Å²) in [6, 6.07) is 4.28. The van der Waals surface area contributed by atoms with Crippen LogP contribution in [0.3, 0.4) is 0 Å². The molecule has 126 valence electrons. The SMILES string of the molecule is COc1cc2c(cc1OC)CN(C(=O)N1CCOCC1)C(C)C2. The molecule has 0 bridgehead atoms. The minimum Gasteiger partial charge on any atom is -0.493 e. The van der Waals surface area contributed by atoms with Crippen molar-refractivity contribution in [2.75, 3.05) is 40.5 Å². The number of rotatable bonds is 2. The maximum Gasteiger partial charge on any atom is 0.320 e. The van der Waals surface area contributed by atoms with E-state index >= 15 is 0 Å². The molecule has 1 unspecified atom stereocenters. The molecule has 23 heavy (non-hydrogen) atoms. The van der Waals surface area contributed by atoms with Gasteiger partial charge in [-0.05, 0) is 36.6 Å². The van der Waals surface area contributed by atoms with Gasteiger partial charge in [-0.1, -0.05) is 0 Å². The molecule has 2 aliphatic heterocycles. The number of hydrogen-bond donors (Lipinski definition) is 0. The number of urea groups is 1. The fourth-order valence-electron chi connectivity index (χ4n) is 3.26. The zero-order chi connectivity index (χ0) is 16.4. The minimum atomic E-state index is 0.0984. The zero-order valence-electron chi connectivity index (χ0n) is 14.0. The van der Waals surface area contributed by atoms with E-state index in [0.29, 0.717) is 38.6 Å².